The van der Waals surface area contributed by atoms with E-state index in [1.165, 1.54) is 6.07 Å². The minimum absolute atomic E-state index is 0.0152. The zero-order chi connectivity index (χ0) is 20.4. The van der Waals surface area contributed by atoms with Gasteiger partial charge in [-0.05, 0) is 37.4 Å². The van der Waals surface area contributed by atoms with Crippen LogP contribution in [0.15, 0.2) is 47.5 Å². The third kappa shape index (κ3) is 4.34. The molecule has 2 aromatic carbocycles. The second-order valence-corrected chi connectivity index (χ2v) is 7.93. The number of aliphatic imine (C=N–C) groups is 1. The van der Waals surface area contributed by atoms with E-state index in [2.05, 4.69) is 21.8 Å². The van der Waals surface area contributed by atoms with Gasteiger partial charge in [0.25, 0.3) is 0 Å². The van der Waals surface area contributed by atoms with Crippen LogP contribution in [0, 0.1) is 5.82 Å². The van der Waals surface area contributed by atoms with Gasteiger partial charge in [0, 0.05) is 55.4 Å². The topological polar surface area (TPSA) is 39.1 Å². The molecule has 0 aromatic heterocycles. The molecule has 1 fully saturated rings. The number of halogens is 2. The van der Waals surface area contributed by atoms with Crippen molar-refractivity contribution in [2.75, 3.05) is 57.8 Å². The maximum atomic E-state index is 14.5. The summed E-state index contributed by atoms with van der Waals surface area (Å²) in [5.41, 5.74) is 2.26. The van der Waals surface area contributed by atoms with Crippen LogP contribution in [0.25, 0.3) is 0 Å². The van der Waals surface area contributed by atoms with E-state index in [-0.39, 0.29) is 18.3 Å². The summed E-state index contributed by atoms with van der Waals surface area (Å²) >= 11 is 6.25. The number of hydrogen-bond acceptors (Lipinski definition) is 4. The first-order chi connectivity index (χ1) is 14.0. The molecule has 0 saturated carbocycles. The van der Waals surface area contributed by atoms with E-state index < -0.39 is 0 Å². The van der Waals surface area contributed by atoms with Crippen LogP contribution in [0.3, 0.4) is 0 Å². The van der Waals surface area contributed by atoms with Crippen LogP contribution in [0.4, 0.5) is 10.1 Å². The smallest absolute Gasteiger partial charge is 0.248 e. The van der Waals surface area contributed by atoms with Crippen molar-refractivity contribution in [1.29, 1.82) is 0 Å². The predicted molar refractivity (Wildman–Crippen MR) is 115 cm³/mol. The Kier molecular flexibility index (Phi) is 5.94. The molecule has 0 unspecified atom stereocenters. The summed E-state index contributed by atoms with van der Waals surface area (Å²) in [5, 5.41) is 0.529. The normalized spacial score (nSPS) is 18.4. The molecule has 5 nitrogen and oxygen atoms in total. The molecular formula is C22H24ClFN4O. The summed E-state index contributed by atoms with van der Waals surface area (Å²) in [6, 6.07) is 11.9. The maximum absolute atomic E-state index is 14.5. The first kappa shape index (κ1) is 20.0. The third-order valence-corrected chi connectivity index (χ3v) is 5.78. The van der Waals surface area contributed by atoms with Gasteiger partial charge in [0.2, 0.25) is 5.91 Å². The van der Waals surface area contributed by atoms with Crippen LogP contribution in [0.2, 0.25) is 5.02 Å². The van der Waals surface area contributed by atoms with Gasteiger partial charge in [-0.3, -0.25) is 14.7 Å². The monoisotopic (exact) mass is 414 g/mol. The number of rotatable bonds is 4. The SMILES string of the molecule is CN1CCN(CCN2C(=O)CN=C(c3ccccc3F)c3cc(Cl)ccc32)CC1. The number of fused-ring (bicyclic) bond motifs is 1. The largest absolute Gasteiger partial charge is 0.309 e. The van der Waals surface area contributed by atoms with Gasteiger partial charge >= 0.3 is 0 Å². The highest BCUT2D eigenvalue weighted by atomic mass is 35.5. The number of hydrogen-bond donors (Lipinski definition) is 0. The number of carbonyl (C=O) groups is 1. The Balaban J connectivity index is 1.65. The van der Waals surface area contributed by atoms with Crippen molar-refractivity contribution >= 4 is 28.9 Å². The second-order valence-electron chi connectivity index (χ2n) is 7.50. The molecule has 0 aliphatic carbocycles. The van der Waals surface area contributed by atoms with E-state index in [0.717, 1.165) is 38.4 Å². The van der Waals surface area contributed by atoms with E-state index in [4.69, 9.17) is 11.6 Å². The molecule has 4 rings (SSSR count). The summed E-state index contributed by atoms with van der Waals surface area (Å²) in [6.07, 6.45) is 0. The molecule has 152 valence electrons. The van der Waals surface area contributed by atoms with Crippen molar-refractivity contribution in [1.82, 2.24) is 9.80 Å². The van der Waals surface area contributed by atoms with Crippen molar-refractivity contribution < 1.29 is 9.18 Å². The number of amides is 1. The van der Waals surface area contributed by atoms with Crippen LogP contribution >= 0.6 is 11.6 Å². The molecule has 0 bridgehead atoms. The zero-order valence-electron chi connectivity index (χ0n) is 16.4. The molecular weight excluding hydrogens is 391 g/mol. The van der Waals surface area contributed by atoms with Gasteiger partial charge in [-0.2, -0.15) is 0 Å². The highest BCUT2D eigenvalue weighted by Crippen LogP contribution is 2.30. The Morgan fingerprint density at radius 3 is 2.55 bits per heavy atom. The van der Waals surface area contributed by atoms with E-state index in [1.807, 2.05) is 6.07 Å². The minimum Gasteiger partial charge on any atom is -0.309 e. The number of benzene rings is 2. The lowest BCUT2D eigenvalue weighted by Crippen LogP contribution is -2.48. The van der Waals surface area contributed by atoms with Gasteiger partial charge in [-0.25, -0.2) is 4.39 Å². The number of nitrogens with zero attached hydrogens (tertiary/aromatic N) is 4. The first-order valence-electron chi connectivity index (χ1n) is 9.83. The highest BCUT2D eigenvalue weighted by Gasteiger charge is 2.27. The van der Waals surface area contributed by atoms with E-state index in [1.54, 1.807) is 35.2 Å². The molecule has 0 atom stereocenters. The van der Waals surface area contributed by atoms with Gasteiger partial charge in [-0.1, -0.05) is 23.7 Å². The van der Waals surface area contributed by atoms with Crippen molar-refractivity contribution in [3.63, 3.8) is 0 Å². The molecule has 0 N–H and O–H groups in total. The molecule has 0 spiro atoms. The quantitative estimate of drug-likeness (QED) is 0.772. The fourth-order valence-corrected chi connectivity index (χ4v) is 4.00. The lowest BCUT2D eigenvalue weighted by atomic mass is 9.99. The van der Waals surface area contributed by atoms with Crippen LogP contribution in [0.5, 0.6) is 0 Å². The summed E-state index contributed by atoms with van der Waals surface area (Å²) in [7, 11) is 2.12. The van der Waals surface area contributed by atoms with Gasteiger partial charge in [0.05, 0.1) is 11.4 Å². The number of piperazine rings is 1. The molecule has 1 saturated heterocycles. The molecule has 7 heteroatoms. The average Bonchev–Trinajstić information content (AvgIpc) is 2.84. The Morgan fingerprint density at radius 1 is 1.03 bits per heavy atom. The van der Waals surface area contributed by atoms with Crippen molar-refractivity contribution in [2.45, 2.75) is 0 Å². The second kappa shape index (κ2) is 8.61. The number of likely N-dealkylation sites (N-methyl/N-ethyl adjacent to an activating group) is 1. The lowest BCUT2D eigenvalue weighted by molar-refractivity contribution is -0.117. The van der Waals surface area contributed by atoms with E-state index in [0.29, 0.717) is 28.4 Å². The first-order valence-corrected chi connectivity index (χ1v) is 10.2. The Labute approximate surface area is 175 Å². The Bertz CT molecular complexity index is 940. The maximum Gasteiger partial charge on any atom is 0.248 e. The predicted octanol–water partition coefficient (Wildman–Crippen LogP) is 2.91. The van der Waals surface area contributed by atoms with Gasteiger partial charge in [-0.15, -0.1) is 0 Å². The fraction of sp³-hybridized carbons (Fsp3) is 0.364. The van der Waals surface area contributed by atoms with Gasteiger partial charge in [0.1, 0.15) is 12.4 Å². The summed E-state index contributed by atoms with van der Waals surface area (Å²) in [6.45, 7) is 5.37. The van der Waals surface area contributed by atoms with Crippen LogP contribution < -0.4 is 4.90 Å². The molecule has 0 radical (unpaired) electrons. The van der Waals surface area contributed by atoms with Crippen LogP contribution in [-0.4, -0.2) is 74.3 Å². The van der Waals surface area contributed by atoms with Crippen molar-refractivity contribution in [2.24, 2.45) is 4.99 Å². The zero-order valence-corrected chi connectivity index (χ0v) is 17.2. The number of anilines is 1. The molecule has 2 aliphatic rings. The molecule has 2 heterocycles. The average molecular weight is 415 g/mol. The minimum atomic E-state index is -0.365. The summed E-state index contributed by atoms with van der Waals surface area (Å²) in [4.78, 5) is 23.8. The number of benzodiazepines with no additional fused rings is 1. The van der Waals surface area contributed by atoms with Crippen LogP contribution in [-0.2, 0) is 4.79 Å². The standard InChI is InChI=1S/C22H24ClFN4O/c1-26-8-10-27(11-9-26)12-13-28-20-7-6-16(23)14-18(20)22(25-15-21(28)29)17-4-2-3-5-19(17)24/h2-7,14H,8-13,15H2,1H3. The fourth-order valence-electron chi connectivity index (χ4n) is 3.83. The Morgan fingerprint density at radius 2 is 1.79 bits per heavy atom. The van der Waals surface area contributed by atoms with Crippen molar-refractivity contribution in [3.05, 3.63) is 64.4 Å². The molecule has 2 aliphatic heterocycles. The summed E-state index contributed by atoms with van der Waals surface area (Å²) in [5.74, 6) is -0.454. The molecule has 1 amide bonds. The third-order valence-electron chi connectivity index (χ3n) is 5.54. The van der Waals surface area contributed by atoms with Crippen LogP contribution in [0.1, 0.15) is 11.1 Å². The lowest BCUT2D eigenvalue weighted by Gasteiger charge is -2.34. The van der Waals surface area contributed by atoms with E-state index in [9.17, 15) is 9.18 Å². The highest BCUT2D eigenvalue weighted by molar-refractivity contribution is 6.32. The summed E-state index contributed by atoms with van der Waals surface area (Å²) < 4.78 is 14.5. The van der Waals surface area contributed by atoms with Gasteiger partial charge < -0.3 is 9.80 Å². The van der Waals surface area contributed by atoms with Crippen molar-refractivity contribution in [3.8, 4) is 0 Å². The Hall–Kier alpha value is -2.28. The molecule has 29 heavy (non-hydrogen) atoms. The van der Waals surface area contributed by atoms with E-state index >= 15 is 0 Å². The van der Waals surface area contributed by atoms with Gasteiger partial charge in [0.15, 0.2) is 0 Å². The number of carbonyl (C=O) groups excluding carboxylic acids is 1. The molecule has 2 aromatic rings.